The third-order valence-corrected chi connectivity index (χ3v) is 5.80. The summed E-state index contributed by atoms with van der Waals surface area (Å²) in [7, 11) is -2.21. The number of aromatic nitrogens is 2. The van der Waals surface area contributed by atoms with Crippen molar-refractivity contribution in [2.24, 2.45) is 0 Å². The number of pyridine rings is 1. The Hall–Kier alpha value is -2.62. The van der Waals surface area contributed by atoms with Crippen LogP contribution >= 0.6 is 11.3 Å². The fraction of sp³-hybridized carbons (Fsp3) is 0.118. The fourth-order valence-corrected chi connectivity index (χ4v) is 3.60. The highest BCUT2D eigenvalue weighted by Crippen LogP contribution is 2.22. The van der Waals surface area contributed by atoms with Gasteiger partial charge < -0.3 is 4.74 Å². The van der Waals surface area contributed by atoms with Gasteiger partial charge in [0.1, 0.15) is 11.6 Å². The van der Waals surface area contributed by atoms with E-state index in [-0.39, 0.29) is 17.1 Å². The van der Waals surface area contributed by atoms with Crippen molar-refractivity contribution in [1.82, 2.24) is 14.7 Å². The molecule has 0 atom stereocenters. The minimum absolute atomic E-state index is 0.0265. The normalized spacial score (nSPS) is 11.3. The molecule has 7 nitrogen and oxygen atoms in total. The summed E-state index contributed by atoms with van der Waals surface area (Å²) in [6.45, 7) is 0.0265. The van der Waals surface area contributed by atoms with Crippen molar-refractivity contribution in [2.75, 3.05) is 7.05 Å². The Morgan fingerprint density at radius 2 is 1.96 bits per heavy atom. The van der Waals surface area contributed by atoms with Crippen molar-refractivity contribution in [3.05, 3.63) is 65.3 Å². The summed E-state index contributed by atoms with van der Waals surface area (Å²) >= 11 is 1.42. The van der Waals surface area contributed by atoms with Gasteiger partial charge >= 0.3 is 5.97 Å². The molecule has 0 unspecified atom stereocenters. The zero-order valence-electron chi connectivity index (χ0n) is 13.7. The largest absolute Gasteiger partial charge is 0.456 e. The number of esters is 1. The first kappa shape index (κ1) is 18.2. The van der Waals surface area contributed by atoms with Crippen molar-refractivity contribution in [2.45, 2.75) is 11.5 Å². The zero-order chi connectivity index (χ0) is 18.6. The van der Waals surface area contributed by atoms with Crippen LogP contribution in [0.15, 0.2) is 58.9 Å². The highest BCUT2D eigenvalue weighted by molar-refractivity contribution is 7.89. The molecule has 0 spiro atoms. The van der Waals surface area contributed by atoms with E-state index in [0.29, 0.717) is 5.69 Å². The molecule has 134 valence electrons. The second-order valence-electron chi connectivity index (χ2n) is 5.17. The van der Waals surface area contributed by atoms with Gasteiger partial charge in [-0.05, 0) is 43.4 Å². The van der Waals surface area contributed by atoms with Gasteiger partial charge in [0.05, 0.1) is 21.8 Å². The maximum Gasteiger partial charge on any atom is 0.338 e. The van der Waals surface area contributed by atoms with Crippen LogP contribution in [-0.2, 0) is 21.4 Å². The summed E-state index contributed by atoms with van der Waals surface area (Å²) < 4.78 is 30.8. The summed E-state index contributed by atoms with van der Waals surface area (Å²) in [4.78, 5) is 20.8. The first-order valence-corrected chi connectivity index (χ1v) is 9.92. The van der Waals surface area contributed by atoms with Crippen LogP contribution in [0.3, 0.4) is 0 Å². The van der Waals surface area contributed by atoms with Crippen LogP contribution in [-0.4, -0.2) is 31.4 Å². The van der Waals surface area contributed by atoms with Gasteiger partial charge in [-0.15, -0.1) is 11.3 Å². The summed E-state index contributed by atoms with van der Waals surface area (Å²) in [5.74, 6) is -0.550. The van der Waals surface area contributed by atoms with E-state index in [1.54, 1.807) is 11.6 Å². The first-order valence-electron chi connectivity index (χ1n) is 7.56. The lowest BCUT2D eigenvalue weighted by molar-refractivity contribution is 0.0468. The van der Waals surface area contributed by atoms with E-state index in [4.69, 9.17) is 4.74 Å². The molecule has 1 N–H and O–H groups in total. The maximum absolute atomic E-state index is 12.1. The van der Waals surface area contributed by atoms with Crippen LogP contribution in [0.1, 0.15) is 16.1 Å². The van der Waals surface area contributed by atoms with Gasteiger partial charge in [-0.2, -0.15) is 0 Å². The predicted molar refractivity (Wildman–Crippen MR) is 97.2 cm³/mol. The average molecular weight is 389 g/mol. The van der Waals surface area contributed by atoms with Gasteiger partial charge in [0.15, 0.2) is 0 Å². The van der Waals surface area contributed by atoms with Crippen molar-refractivity contribution >= 4 is 27.3 Å². The number of carbonyl (C=O) groups is 1. The summed E-state index contributed by atoms with van der Waals surface area (Å²) in [6.07, 6.45) is 1.69. The Bertz CT molecular complexity index is 1000. The molecule has 0 bridgehead atoms. The van der Waals surface area contributed by atoms with Crippen molar-refractivity contribution in [1.29, 1.82) is 0 Å². The summed E-state index contributed by atoms with van der Waals surface area (Å²) in [5.41, 5.74) is 1.65. The SMILES string of the molecule is CNS(=O)(=O)c1ccc(C(=O)OCc2csc(-c3ccccn3)n2)cc1. The van der Waals surface area contributed by atoms with Crippen LogP contribution in [0.4, 0.5) is 0 Å². The molecule has 0 aliphatic heterocycles. The van der Waals surface area contributed by atoms with Crippen LogP contribution in [0.2, 0.25) is 0 Å². The minimum Gasteiger partial charge on any atom is -0.456 e. The lowest BCUT2D eigenvalue weighted by atomic mass is 10.2. The molecule has 26 heavy (non-hydrogen) atoms. The van der Waals surface area contributed by atoms with Crippen LogP contribution < -0.4 is 4.72 Å². The maximum atomic E-state index is 12.1. The number of nitrogens with one attached hydrogen (secondary N) is 1. The molecule has 0 fully saturated rings. The van der Waals surface area contributed by atoms with E-state index in [9.17, 15) is 13.2 Å². The first-order chi connectivity index (χ1) is 12.5. The zero-order valence-corrected chi connectivity index (χ0v) is 15.4. The number of sulfonamides is 1. The molecular weight excluding hydrogens is 374 g/mol. The quantitative estimate of drug-likeness (QED) is 0.651. The van der Waals surface area contributed by atoms with E-state index in [0.717, 1.165) is 10.7 Å². The molecule has 0 saturated carbocycles. The van der Waals surface area contributed by atoms with E-state index >= 15 is 0 Å². The number of carbonyl (C=O) groups excluding carboxylic acids is 1. The number of ether oxygens (including phenoxy) is 1. The Kier molecular flexibility index (Phi) is 5.40. The molecule has 0 amide bonds. The second kappa shape index (κ2) is 7.73. The lowest BCUT2D eigenvalue weighted by Crippen LogP contribution is -2.18. The van der Waals surface area contributed by atoms with Gasteiger partial charge in [0.25, 0.3) is 0 Å². The molecule has 9 heteroatoms. The number of hydrogen-bond acceptors (Lipinski definition) is 7. The number of thiazole rings is 1. The fourth-order valence-electron chi connectivity index (χ4n) is 2.09. The third-order valence-electron chi connectivity index (χ3n) is 3.46. The van der Waals surface area contributed by atoms with Gasteiger partial charge in [-0.3, -0.25) is 4.98 Å². The van der Waals surface area contributed by atoms with E-state index < -0.39 is 16.0 Å². The molecule has 0 saturated heterocycles. The van der Waals surface area contributed by atoms with Crippen molar-refractivity contribution in [3.63, 3.8) is 0 Å². The smallest absolute Gasteiger partial charge is 0.338 e. The van der Waals surface area contributed by atoms with Crippen LogP contribution in [0, 0.1) is 0 Å². The van der Waals surface area contributed by atoms with Gasteiger partial charge in [-0.1, -0.05) is 6.07 Å². The lowest BCUT2D eigenvalue weighted by Gasteiger charge is -2.05. The molecule has 0 aliphatic rings. The van der Waals surface area contributed by atoms with Gasteiger partial charge in [0.2, 0.25) is 10.0 Å². The Balaban J connectivity index is 1.63. The topological polar surface area (TPSA) is 98.2 Å². The highest BCUT2D eigenvalue weighted by Gasteiger charge is 2.14. The second-order valence-corrected chi connectivity index (χ2v) is 7.91. The summed E-state index contributed by atoms with van der Waals surface area (Å²) in [5, 5.41) is 2.55. The number of rotatable bonds is 6. The molecule has 0 aliphatic carbocycles. The third kappa shape index (κ3) is 4.13. The summed E-state index contributed by atoms with van der Waals surface area (Å²) in [6, 6.07) is 11.1. The van der Waals surface area contributed by atoms with Crippen LogP contribution in [0.25, 0.3) is 10.7 Å². The van der Waals surface area contributed by atoms with E-state index in [1.165, 1.54) is 42.6 Å². The van der Waals surface area contributed by atoms with E-state index in [2.05, 4.69) is 14.7 Å². The molecule has 2 aromatic heterocycles. The molecule has 2 heterocycles. The van der Waals surface area contributed by atoms with Crippen molar-refractivity contribution in [3.8, 4) is 10.7 Å². The van der Waals surface area contributed by atoms with Gasteiger partial charge in [-0.25, -0.2) is 22.9 Å². The number of benzene rings is 1. The average Bonchev–Trinajstić information content (AvgIpc) is 3.16. The highest BCUT2D eigenvalue weighted by atomic mass is 32.2. The monoisotopic (exact) mass is 389 g/mol. The van der Waals surface area contributed by atoms with Crippen LogP contribution in [0.5, 0.6) is 0 Å². The van der Waals surface area contributed by atoms with E-state index in [1.807, 2.05) is 18.2 Å². The molecule has 0 radical (unpaired) electrons. The van der Waals surface area contributed by atoms with Crippen molar-refractivity contribution < 1.29 is 17.9 Å². The molecule has 3 aromatic rings. The molecule has 3 rings (SSSR count). The minimum atomic E-state index is -3.54. The molecule has 1 aromatic carbocycles. The standard InChI is InChI=1S/C17H15N3O4S2/c1-18-26(22,23)14-7-5-12(6-8-14)17(21)24-10-13-11-25-16(20-13)15-4-2-3-9-19-15/h2-9,11,18H,10H2,1H3. The Labute approximate surface area is 154 Å². The van der Waals surface area contributed by atoms with Gasteiger partial charge in [0, 0.05) is 11.6 Å². The number of hydrogen-bond donors (Lipinski definition) is 1. The molecular formula is C17H15N3O4S2. The Morgan fingerprint density at radius 3 is 2.62 bits per heavy atom. The predicted octanol–water partition coefficient (Wildman–Crippen LogP) is 2.47. The Morgan fingerprint density at radius 1 is 1.19 bits per heavy atom. The number of nitrogens with zero attached hydrogens (tertiary/aromatic N) is 2.